The van der Waals surface area contributed by atoms with Crippen LogP contribution in [-0.4, -0.2) is 11.9 Å². The van der Waals surface area contributed by atoms with Gasteiger partial charge in [-0.3, -0.25) is 4.99 Å². The Morgan fingerprint density at radius 2 is 2.36 bits per heavy atom. The molecule has 60 valence electrons. The second kappa shape index (κ2) is 2.68. The fourth-order valence-corrected chi connectivity index (χ4v) is 1.20. The summed E-state index contributed by atoms with van der Waals surface area (Å²) in [5, 5.41) is 0. The zero-order valence-electron chi connectivity index (χ0n) is 6.79. The molecular formula is C9H13NO. The summed E-state index contributed by atoms with van der Waals surface area (Å²) >= 11 is 0. The van der Waals surface area contributed by atoms with Crippen molar-refractivity contribution < 1.29 is 4.74 Å². The van der Waals surface area contributed by atoms with E-state index in [0.717, 1.165) is 12.3 Å². The average Bonchev–Trinajstić information content (AvgIpc) is 2.71. The van der Waals surface area contributed by atoms with Gasteiger partial charge in [0.15, 0.2) is 5.90 Å². The lowest BCUT2D eigenvalue weighted by atomic mass is 10.2. The first kappa shape index (κ1) is 6.89. The molecule has 0 N–H and O–H groups in total. The summed E-state index contributed by atoms with van der Waals surface area (Å²) in [5.41, 5.74) is 0. The number of nitrogens with zero attached hydrogens (tertiary/aromatic N) is 1. The number of aliphatic imine (C=N–C) groups is 1. The van der Waals surface area contributed by atoms with Crippen LogP contribution in [0, 0.1) is 5.92 Å². The monoisotopic (exact) mass is 151 g/mol. The quantitative estimate of drug-likeness (QED) is 0.562. The SMILES string of the molecule is CC1CC=COC(C2CC2)=N1. The molecule has 1 aliphatic carbocycles. The van der Waals surface area contributed by atoms with Crippen molar-refractivity contribution in [3.05, 3.63) is 12.3 Å². The molecule has 0 aromatic heterocycles. The molecule has 0 aromatic rings. The zero-order valence-corrected chi connectivity index (χ0v) is 6.79. The minimum Gasteiger partial charge on any atom is -0.451 e. The van der Waals surface area contributed by atoms with Crippen molar-refractivity contribution in [1.82, 2.24) is 0 Å². The van der Waals surface area contributed by atoms with Crippen LogP contribution in [0.4, 0.5) is 0 Å². The Balaban J connectivity index is 2.09. The standard InChI is InChI=1S/C9H13NO/c1-7-3-2-6-11-9(10-7)8-4-5-8/h2,6-8H,3-5H2,1H3. The molecule has 0 bridgehead atoms. The predicted molar refractivity (Wildman–Crippen MR) is 44.5 cm³/mol. The minimum atomic E-state index is 0.407. The van der Waals surface area contributed by atoms with E-state index in [1.165, 1.54) is 12.8 Å². The highest BCUT2D eigenvalue weighted by Crippen LogP contribution is 2.32. The van der Waals surface area contributed by atoms with E-state index >= 15 is 0 Å². The number of rotatable bonds is 1. The average molecular weight is 151 g/mol. The first-order valence-corrected chi connectivity index (χ1v) is 4.25. The van der Waals surface area contributed by atoms with Gasteiger partial charge in [0.05, 0.1) is 12.3 Å². The van der Waals surface area contributed by atoms with E-state index in [-0.39, 0.29) is 0 Å². The van der Waals surface area contributed by atoms with Crippen LogP contribution < -0.4 is 0 Å². The third-order valence-corrected chi connectivity index (χ3v) is 2.04. The van der Waals surface area contributed by atoms with E-state index in [1.54, 1.807) is 6.26 Å². The van der Waals surface area contributed by atoms with Gasteiger partial charge in [-0.1, -0.05) is 0 Å². The van der Waals surface area contributed by atoms with E-state index < -0.39 is 0 Å². The molecule has 11 heavy (non-hydrogen) atoms. The van der Waals surface area contributed by atoms with Crippen LogP contribution >= 0.6 is 0 Å². The Hall–Kier alpha value is -0.790. The topological polar surface area (TPSA) is 21.6 Å². The van der Waals surface area contributed by atoms with Crippen LogP contribution in [0.5, 0.6) is 0 Å². The first-order chi connectivity index (χ1) is 5.36. The van der Waals surface area contributed by atoms with Gasteiger partial charge < -0.3 is 4.74 Å². The van der Waals surface area contributed by atoms with Crippen molar-refractivity contribution in [2.24, 2.45) is 10.9 Å². The zero-order chi connectivity index (χ0) is 7.68. The number of hydrogen-bond donors (Lipinski definition) is 0. The Labute approximate surface area is 67.0 Å². The fraction of sp³-hybridized carbons (Fsp3) is 0.667. The Morgan fingerprint density at radius 3 is 3.09 bits per heavy atom. The minimum absolute atomic E-state index is 0.407. The summed E-state index contributed by atoms with van der Waals surface area (Å²) in [6, 6.07) is 0.407. The van der Waals surface area contributed by atoms with Crippen molar-refractivity contribution in [3.8, 4) is 0 Å². The Kier molecular flexibility index (Phi) is 1.68. The summed E-state index contributed by atoms with van der Waals surface area (Å²) in [7, 11) is 0. The van der Waals surface area contributed by atoms with Gasteiger partial charge in [0.25, 0.3) is 0 Å². The molecule has 2 rings (SSSR count). The summed E-state index contributed by atoms with van der Waals surface area (Å²) < 4.78 is 5.37. The van der Waals surface area contributed by atoms with Crippen molar-refractivity contribution >= 4 is 5.90 Å². The van der Waals surface area contributed by atoms with E-state index in [2.05, 4.69) is 11.9 Å². The second-order valence-electron chi connectivity index (χ2n) is 3.32. The van der Waals surface area contributed by atoms with Crippen LogP contribution in [-0.2, 0) is 4.74 Å². The van der Waals surface area contributed by atoms with Gasteiger partial charge >= 0.3 is 0 Å². The molecule has 1 aliphatic heterocycles. The maximum atomic E-state index is 5.37. The maximum Gasteiger partial charge on any atom is 0.192 e. The predicted octanol–water partition coefficient (Wildman–Crippen LogP) is 2.12. The lowest BCUT2D eigenvalue weighted by Gasteiger charge is -2.03. The van der Waals surface area contributed by atoms with Crippen molar-refractivity contribution in [2.75, 3.05) is 0 Å². The van der Waals surface area contributed by atoms with E-state index in [9.17, 15) is 0 Å². The van der Waals surface area contributed by atoms with Gasteiger partial charge in [-0.15, -0.1) is 0 Å². The lowest BCUT2D eigenvalue weighted by molar-refractivity contribution is 0.451. The molecule has 1 fully saturated rings. The number of hydrogen-bond acceptors (Lipinski definition) is 2. The highest BCUT2D eigenvalue weighted by molar-refractivity contribution is 5.81. The highest BCUT2D eigenvalue weighted by atomic mass is 16.5. The van der Waals surface area contributed by atoms with Crippen molar-refractivity contribution in [2.45, 2.75) is 32.2 Å². The molecule has 0 aromatic carbocycles. The summed E-state index contributed by atoms with van der Waals surface area (Å²) in [6.07, 6.45) is 7.36. The van der Waals surface area contributed by atoms with Gasteiger partial charge in [-0.2, -0.15) is 0 Å². The van der Waals surface area contributed by atoms with Gasteiger partial charge in [0, 0.05) is 5.92 Å². The van der Waals surface area contributed by atoms with Gasteiger partial charge in [0.2, 0.25) is 0 Å². The van der Waals surface area contributed by atoms with Crippen molar-refractivity contribution in [3.63, 3.8) is 0 Å². The molecule has 0 amide bonds. The summed E-state index contributed by atoms with van der Waals surface area (Å²) in [4.78, 5) is 4.47. The van der Waals surface area contributed by atoms with Crippen LogP contribution in [0.3, 0.4) is 0 Å². The molecular weight excluding hydrogens is 138 g/mol. The van der Waals surface area contributed by atoms with E-state index in [4.69, 9.17) is 4.74 Å². The third kappa shape index (κ3) is 1.62. The molecule has 0 spiro atoms. The van der Waals surface area contributed by atoms with Crippen LogP contribution in [0.25, 0.3) is 0 Å². The molecule has 0 radical (unpaired) electrons. The second-order valence-corrected chi connectivity index (χ2v) is 3.32. The Morgan fingerprint density at radius 1 is 1.55 bits per heavy atom. The molecule has 0 saturated heterocycles. The molecule has 1 saturated carbocycles. The first-order valence-electron chi connectivity index (χ1n) is 4.25. The summed E-state index contributed by atoms with van der Waals surface area (Å²) in [6.45, 7) is 2.13. The molecule has 2 heteroatoms. The normalized spacial score (nSPS) is 30.6. The maximum absolute atomic E-state index is 5.37. The smallest absolute Gasteiger partial charge is 0.192 e. The fourth-order valence-electron chi connectivity index (χ4n) is 1.20. The van der Waals surface area contributed by atoms with Crippen molar-refractivity contribution in [1.29, 1.82) is 0 Å². The lowest BCUT2D eigenvalue weighted by Crippen LogP contribution is -2.06. The largest absolute Gasteiger partial charge is 0.451 e. The third-order valence-electron chi connectivity index (χ3n) is 2.04. The van der Waals surface area contributed by atoms with Gasteiger partial charge in [-0.25, -0.2) is 0 Å². The van der Waals surface area contributed by atoms with Crippen LogP contribution in [0.15, 0.2) is 17.3 Å². The molecule has 1 heterocycles. The van der Waals surface area contributed by atoms with Crippen LogP contribution in [0.1, 0.15) is 26.2 Å². The molecule has 2 aliphatic rings. The summed E-state index contributed by atoms with van der Waals surface area (Å²) in [5.74, 6) is 1.60. The van der Waals surface area contributed by atoms with Crippen LogP contribution in [0.2, 0.25) is 0 Å². The molecule has 2 nitrogen and oxygen atoms in total. The Bertz CT molecular complexity index is 204. The molecule has 1 unspecified atom stereocenters. The van der Waals surface area contributed by atoms with Gasteiger partial charge in [0.1, 0.15) is 0 Å². The van der Waals surface area contributed by atoms with E-state index in [1.807, 2.05) is 6.08 Å². The van der Waals surface area contributed by atoms with E-state index in [0.29, 0.717) is 12.0 Å². The van der Waals surface area contributed by atoms with Gasteiger partial charge in [-0.05, 0) is 32.3 Å². The molecule has 1 atom stereocenters. The highest BCUT2D eigenvalue weighted by Gasteiger charge is 2.29. The number of ether oxygens (including phenoxy) is 1.